The minimum atomic E-state index is 0.126. The van der Waals surface area contributed by atoms with E-state index in [0.29, 0.717) is 5.75 Å². The van der Waals surface area contributed by atoms with Gasteiger partial charge in [0.25, 0.3) is 0 Å². The Morgan fingerprint density at radius 2 is 1.95 bits per heavy atom. The Balaban J connectivity index is 1.82. The van der Waals surface area contributed by atoms with Crippen molar-refractivity contribution in [1.29, 1.82) is 0 Å². The molecule has 0 unspecified atom stereocenters. The number of nitrogens with zero attached hydrogens (tertiary/aromatic N) is 2. The molecule has 3 nitrogen and oxygen atoms in total. The van der Waals surface area contributed by atoms with E-state index in [4.69, 9.17) is 0 Å². The van der Waals surface area contributed by atoms with Gasteiger partial charge in [-0.05, 0) is 25.5 Å². The first-order valence-electron chi connectivity index (χ1n) is 7.09. The molecule has 0 radical (unpaired) electrons. The zero-order valence-electron chi connectivity index (χ0n) is 12.5. The van der Waals surface area contributed by atoms with Gasteiger partial charge >= 0.3 is 0 Å². The summed E-state index contributed by atoms with van der Waals surface area (Å²) < 4.78 is 0. The summed E-state index contributed by atoms with van der Waals surface area (Å²) in [4.78, 5) is 12.5. The highest BCUT2D eigenvalue weighted by Crippen LogP contribution is 2.25. The number of ketones is 1. The molecule has 4 heteroatoms. The molecule has 1 heterocycles. The van der Waals surface area contributed by atoms with E-state index in [1.165, 1.54) is 11.8 Å². The molecule has 0 aliphatic rings. The van der Waals surface area contributed by atoms with Crippen LogP contribution in [-0.2, 0) is 0 Å². The number of carbonyl (C=O) groups is 1. The lowest BCUT2D eigenvalue weighted by molar-refractivity contribution is 0.102. The Bertz CT molecular complexity index is 840. The highest BCUT2D eigenvalue weighted by atomic mass is 32.2. The van der Waals surface area contributed by atoms with Crippen molar-refractivity contribution in [2.45, 2.75) is 18.9 Å². The Kier molecular flexibility index (Phi) is 4.20. The molecule has 2 aromatic carbocycles. The molecular formula is C18H16N2OS. The minimum Gasteiger partial charge on any atom is -0.293 e. The average molecular weight is 308 g/mol. The lowest BCUT2D eigenvalue weighted by atomic mass is 10.0. The first kappa shape index (κ1) is 14.7. The maximum Gasteiger partial charge on any atom is 0.173 e. The number of aryl methyl sites for hydroxylation is 2. The second-order valence-electron chi connectivity index (χ2n) is 5.27. The van der Waals surface area contributed by atoms with Gasteiger partial charge in [0.05, 0.1) is 11.9 Å². The Morgan fingerprint density at radius 3 is 2.82 bits per heavy atom. The fourth-order valence-corrected chi connectivity index (χ4v) is 3.23. The SMILES string of the molecule is Cc1ccc(C)c(C(=O)CSc2nncc3ccccc23)c1. The highest BCUT2D eigenvalue weighted by molar-refractivity contribution is 8.00. The van der Waals surface area contributed by atoms with E-state index in [1.54, 1.807) is 6.20 Å². The van der Waals surface area contributed by atoms with Crippen molar-refractivity contribution >= 4 is 28.3 Å². The van der Waals surface area contributed by atoms with Gasteiger partial charge in [-0.1, -0.05) is 53.7 Å². The fourth-order valence-electron chi connectivity index (χ4n) is 2.36. The number of Topliss-reactive ketones (excluding diaryl/α,β-unsaturated/α-hetero) is 1. The van der Waals surface area contributed by atoms with Gasteiger partial charge in [-0.25, -0.2) is 0 Å². The van der Waals surface area contributed by atoms with Gasteiger partial charge in [-0.15, -0.1) is 5.10 Å². The summed E-state index contributed by atoms with van der Waals surface area (Å²) in [5, 5.41) is 11.1. The molecule has 0 atom stereocenters. The second kappa shape index (κ2) is 6.28. The van der Waals surface area contributed by atoms with Crippen LogP contribution in [0.5, 0.6) is 0 Å². The molecule has 3 rings (SSSR count). The molecule has 1 aromatic heterocycles. The van der Waals surface area contributed by atoms with Gasteiger partial charge in [0.2, 0.25) is 0 Å². The summed E-state index contributed by atoms with van der Waals surface area (Å²) in [6, 6.07) is 13.9. The number of thioether (sulfide) groups is 1. The molecule has 0 fully saturated rings. The van der Waals surface area contributed by atoms with E-state index >= 15 is 0 Å². The summed E-state index contributed by atoms with van der Waals surface area (Å²) in [7, 11) is 0. The van der Waals surface area contributed by atoms with Crippen molar-refractivity contribution in [2.75, 3.05) is 5.75 Å². The number of hydrogen-bond donors (Lipinski definition) is 0. The molecule has 0 aliphatic heterocycles. The summed E-state index contributed by atoms with van der Waals surface area (Å²) in [5.74, 6) is 0.494. The molecular weight excluding hydrogens is 292 g/mol. The number of hydrogen-bond acceptors (Lipinski definition) is 4. The van der Waals surface area contributed by atoms with Gasteiger partial charge in [0.15, 0.2) is 5.78 Å². The quantitative estimate of drug-likeness (QED) is 0.534. The smallest absolute Gasteiger partial charge is 0.173 e. The normalized spacial score (nSPS) is 10.8. The Labute approximate surface area is 133 Å². The standard InChI is InChI=1S/C18H16N2OS/c1-12-7-8-13(2)16(9-12)17(21)11-22-18-15-6-4-3-5-14(15)10-19-20-18/h3-10H,11H2,1-2H3. The number of fused-ring (bicyclic) bond motifs is 1. The van der Waals surface area contributed by atoms with Crippen LogP contribution < -0.4 is 0 Å². The molecule has 3 aromatic rings. The first-order valence-corrected chi connectivity index (χ1v) is 8.07. The van der Waals surface area contributed by atoms with Gasteiger partial charge < -0.3 is 0 Å². The molecule has 0 bridgehead atoms. The lowest BCUT2D eigenvalue weighted by Crippen LogP contribution is -2.05. The third kappa shape index (κ3) is 3.02. The summed E-state index contributed by atoms with van der Waals surface area (Å²) in [6.07, 6.45) is 1.74. The maximum absolute atomic E-state index is 12.5. The number of aromatic nitrogens is 2. The summed E-state index contributed by atoms with van der Waals surface area (Å²) in [6.45, 7) is 3.97. The maximum atomic E-state index is 12.5. The highest BCUT2D eigenvalue weighted by Gasteiger charge is 2.12. The van der Waals surface area contributed by atoms with Crippen LogP contribution in [0.3, 0.4) is 0 Å². The van der Waals surface area contributed by atoms with Crippen molar-refractivity contribution in [3.8, 4) is 0 Å². The van der Waals surface area contributed by atoms with Crippen molar-refractivity contribution in [3.05, 3.63) is 65.4 Å². The Morgan fingerprint density at radius 1 is 1.14 bits per heavy atom. The zero-order chi connectivity index (χ0) is 15.5. The van der Waals surface area contributed by atoms with Crippen molar-refractivity contribution in [1.82, 2.24) is 10.2 Å². The van der Waals surface area contributed by atoms with Crippen LogP contribution in [-0.4, -0.2) is 21.7 Å². The van der Waals surface area contributed by atoms with E-state index in [2.05, 4.69) is 10.2 Å². The van der Waals surface area contributed by atoms with E-state index in [9.17, 15) is 4.79 Å². The molecule has 0 aliphatic carbocycles. The molecule has 0 saturated heterocycles. The van der Waals surface area contributed by atoms with Gasteiger partial charge in [-0.2, -0.15) is 5.10 Å². The van der Waals surface area contributed by atoms with E-state index in [1.807, 2.05) is 56.3 Å². The van der Waals surface area contributed by atoms with Crippen LogP contribution in [0.2, 0.25) is 0 Å². The fraction of sp³-hybridized carbons (Fsp3) is 0.167. The molecule has 110 valence electrons. The van der Waals surface area contributed by atoms with E-state index in [0.717, 1.165) is 32.5 Å². The first-order chi connectivity index (χ1) is 10.6. The predicted octanol–water partition coefficient (Wildman–Crippen LogP) is 4.22. The largest absolute Gasteiger partial charge is 0.293 e. The van der Waals surface area contributed by atoms with Crippen molar-refractivity contribution < 1.29 is 4.79 Å². The Hall–Kier alpha value is -2.20. The molecule has 0 spiro atoms. The summed E-state index contributed by atoms with van der Waals surface area (Å²) >= 11 is 1.44. The van der Waals surface area contributed by atoms with Crippen LogP contribution >= 0.6 is 11.8 Å². The third-order valence-electron chi connectivity index (χ3n) is 3.57. The average Bonchev–Trinajstić information content (AvgIpc) is 2.54. The van der Waals surface area contributed by atoms with E-state index in [-0.39, 0.29) is 5.78 Å². The van der Waals surface area contributed by atoms with E-state index < -0.39 is 0 Å². The van der Waals surface area contributed by atoms with Gasteiger partial charge in [0, 0.05) is 16.3 Å². The second-order valence-corrected chi connectivity index (χ2v) is 6.23. The third-order valence-corrected chi connectivity index (χ3v) is 4.55. The lowest BCUT2D eigenvalue weighted by Gasteiger charge is -2.07. The number of benzene rings is 2. The van der Waals surface area contributed by atoms with Crippen molar-refractivity contribution in [2.24, 2.45) is 0 Å². The van der Waals surface area contributed by atoms with Crippen LogP contribution in [0.1, 0.15) is 21.5 Å². The topological polar surface area (TPSA) is 42.9 Å². The molecule has 0 amide bonds. The molecule has 0 saturated carbocycles. The zero-order valence-corrected chi connectivity index (χ0v) is 13.4. The van der Waals surface area contributed by atoms with Crippen molar-refractivity contribution in [3.63, 3.8) is 0 Å². The van der Waals surface area contributed by atoms with Crippen LogP contribution in [0.15, 0.2) is 53.7 Å². The monoisotopic (exact) mass is 308 g/mol. The number of rotatable bonds is 4. The minimum absolute atomic E-state index is 0.126. The van der Waals surface area contributed by atoms with Crippen LogP contribution in [0, 0.1) is 13.8 Å². The summed E-state index contributed by atoms with van der Waals surface area (Å²) in [5.41, 5.74) is 2.91. The molecule has 22 heavy (non-hydrogen) atoms. The number of carbonyl (C=O) groups excluding carboxylic acids is 1. The predicted molar refractivity (Wildman–Crippen MR) is 90.5 cm³/mol. The van der Waals surface area contributed by atoms with Crippen LogP contribution in [0.4, 0.5) is 0 Å². The molecule has 0 N–H and O–H groups in total. The van der Waals surface area contributed by atoms with Gasteiger partial charge in [0.1, 0.15) is 5.03 Å². The van der Waals surface area contributed by atoms with Crippen LogP contribution in [0.25, 0.3) is 10.8 Å². The van der Waals surface area contributed by atoms with Gasteiger partial charge in [-0.3, -0.25) is 4.79 Å².